The van der Waals surface area contributed by atoms with Crippen molar-refractivity contribution in [1.29, 1.82) is 0 Å². The summed E-state index contributed by atoms with van der Waals surface area (Å²) in [5.74, 6) is 0.212. The van der Waals surface area contributed by atoms with Crippen LogP contribution in [0.2, 0.25) is 0 Å². The van der Waals surface area contributed by atoms with Crippen LogP contribution in [0, 0.1) is 6.92 Å². The smallest absolute Gasteiger partial charge is 0.258 e. The van der Waals surface area contributed by atoms with Gasteiger partial charge >= 0.3 is 0 Å². The predicted octanol–water partition coefficient (Wildman–Crippen LogP) is 2.70. The molecule has 4 N–H and O–H groups in total. The minimum absolute atomic E-state index is 0.0869. The summed E-state index contributed by atoms with van der Waals surface area (Å²) in [6.45, 7) is 1.75. The quantitative estimate of drug-likeness (QED) is 0.347. The summed E-state index contributed by atoms with van der Waals surface area (Å²) in [6, 6.07) is 6.65. The third kappa shape index (κ3) is 3.00. The van der Waals surface area contributed by atoms with Gasteiger partial charge in [0.1, 0.15) is 12.0 Å². The molecule has 6 nitrogen and oxygen atoms in total. The second kappa shape index (κ2) is 5.79. The third-order valence-electron chi connectivity index (χ3n) is 2.61. The lowest BCUT2D eigenvalue weighted by molar-refractivity contribution is 0.102. The molecule has 20 heavy (non-hydrogen) atoms. The van der Waals surface area contributed by atoms with E-state index in [0.29, 0.717) is 22.6 Å². The van der Waals surface area contributed by atoms with Crippen LogP contribution in [-0.2, 0) is 0 Å². The number of hydrogen-bond acceptors (Lipinski definition) is 4. The molecule has 1 amide bonds. The summed E-state index contributed by atoms with van der Waals surface area (Å²) in [5.41, 5.74) is 6.82. The van der Waals surface area contributed by atoms with E-state index in [9.17, 15) is 4.79 Å². The van der Waals surface area contributed by atoms with E-state index in [2.05, 4.69) is 26.4 Å². The van der Waals surface area contributed by atoms with Crippen LogP contribution >= 0.6 is 15.9 Å². The molecule has 2 rings (SSSR count). The molecule has 0 atom stereocenters. The lowest BCUT2D eigenvalue weighted by Crippen LogP contribution is -2.19. The molecule has 0 bridgehead atoms. The molecule has 0 radical (unpaired) electrons. The van der Waals surface area contributed by atoms with Gasteiger partial charge in [-0.1, -0.05) is 21.1 Å². The van der Waals surface area contributed by atoms with E-state index >= 15 is 0 Å². The van der Waals surface area contributed by atoms with Crippen LogP contribution in [0.25, 0.3) is 0 Å². The number of rotatable bonds is 3. The lowest BCUT2D eigenvalue weighted by atomic mass is 10.1. The van der Waals surface area contributed by atoms with Gasteiger partial charge in [-0.15, -0.1) is 0 Å². The SMILES string of the molecule is Cc1cc(C(=O)Nc2cc(Br)ccc2/C(N)=N/O)co1. The van der Waals surface area contributed by atoms with E-state index < -0.39 is 0 Å². The maximum Gasteiger partial charge on any atom is 0.258 e. The molecule has 0 saturated carbocycles. The predicted molar refractivity (Wildman–Crippen MR) is 78.1 cm³/mol. The Bertz CT molecular complexity index is 679. The summed E-state index contributed by atoms with van der Waals surface area (Å²) in [7, 11) is 0. The number of nitrogens with two attached hydrogens (primary N) is 1. The van der Waals surface area contributed by atoms with Crippen molar-refractivity contribution < 1.29 is 14.4 Å². The number of oxime groups is 1. The summed E-state index contributed by atoms with van der Waals surface area (Å²) < 4.78 is 5.84. The van der Waals surface area contributed by atoms with Crippen molar-refractivity contribution >= 4 is 33.4 Å². The van der Waals surface area contributed by atoms with Crippen LogP contribution in [0.1, 0.15) is 21.7 Å². The van der Waals surface area contributed by atoms with Crippen LogP contribution in [0.15, 0.2) is 44.6 Å². The summed E-state index contributed by atoms with van der Waals surface area (Å²) in [6.07, 6.45) is 1.37. The number of aryl methyl sites for hydroxylation is 1. The Hall–Kier alpha value is -2.28. The van der Waals surface area contributed by atoms with Crippen LogP contribution in [-0.4, -0.2) is 17.0 Å². The summed E-state index contributed by atoms with van der Waals surface area (Å²) in [5, 5.41) is 14.4. The van der Waals surface area contributed by atoms with Gasteiger partial charge in [0.15, 0.2) is 5.84 Å². The Labute approximate surface area is 123 Å². The maximum absolute atomic E-state index is 12.1. The van der Waals surface area contributed by atoms with Gasteiger partial charge in [0.25, 0.3) is 5.91 Å². The van der Waals surface area contributed by atoms with Gasteiger partial charge in [-0.05, 0) is 31.2 Å². The lowest BCUT2D eigenvalue weighted by Gasteiger charge is -2.10. The maximum atomic E-state index is 12.1. The van der Waals surface area contributed by atoms with Gasteiger partial charge in [0, 0.05) is 10.0 Å². The molecule has 0 aliphatic carbocycles. The van der Waals surface area contributed by atoms with Crippen LogP contribution in [0.3, 0.4) is 0 Å². The Kier molecular flexibility index (Phi) is 4.09. The number of benzene rings is 1. The summed E-state index contributed by atoms with van der Waals surface area (Å²) in [4.78, 5) is 12.1. The van der Waals surface area contributed by atoms with E-state index in [4.69, 9.17) is 15.4 Å². The molecular formula is C13H12BrN3O3. The van der Waals surface area contributed by atoms with E-state index in [-0.39, 0.29) is 11.7 Å². The van der Waals surface area contributed by atoms with Crippen LogP contribution in [0.5, 0.6) is 0 Å². The number of nitrogens with zero attached hydrogens (tertiary/aromatic N) is 1. The zero-order valence-corrected chi connectivity index (χ0v) is 12.1. The zero-order valence-electron chi connectivity index (χ0n) is 10.6. The van der Waals surface area contributed by atoms with Gasteiger partial charge in [-0.2, -0.15) is 0 Å². The molecule has 7 heteroatoms. The van der Waals surface area contributed by atoms with Crippen molar-refractivity contribution in [3.05, 3.63) is 51.9 Å². The van der Waals surface area contributed by atoms with Gasteiger partial charge in [0.2, 0.25) is 0 Å². The molecular weight excluding hydrogens is 326 g/mol. The Morgan fingerprint density at radius 2 is 2.20 bits per heavy atom. The van der Waals surface area contributed by atoms with Gasteiger partial charge < -0.3 is 20.7 Å². The van der Waals surface area contributed by atoms with Gasteiger partial charge in [-0.3, -0.25) is 4.79 Å². The average molecular weight is 338 g/mol. The minimum atomic E-state index is -0.341. The van der Waals surface area contributed by atoms with Gasteiger partial charge in [-0.25, -0.2) is 0 Å². The van der Waals surface area contributed by atoms with Crippen LogP contribution < -0.4 is 11.1 Å². The highest BCUT2D eigenvalue weighted by Gasteiger charge is 2.13. The number of hydrogen-bond donors (Lipinski definition) is 3. The van der Waals surface area contributed by atoms with Crippen LogP contribution in [0.4, 0.5) is 5.69 Å². The second-order valence-electron chi connectivity index (χ2n) is 4.08. The molecule has 104 valence electrons. The Morgan fingerprint density at radius 3 is 2.80 bits per heavy atom. The molecule has 1 heterocycles. The van der Waals surface area contributed by atoms with E-state index in [0.717, 1.165) is 4.47 Å². The number of furan rings is 1. The fraction of sp³-hybridized carbons (Fsp3) is 0.0769. The first kappa shape index (κ1) is 14.1. The van der Waals surface area contributed by atoms with E-state index in [1.807, 2.05) is 0 Å². The standard InChI is InChI=1S/C13H12BrN3O3/c1-7-4-8(6-20-7)13(18)16-11-5-9(14)2-3-10(11)12(15)17-19/h2-6,19H,1H3,(H2,15,17)(H,16,18). The van der Waals surface area contributed by atoms with Crippen molar-refractivity contribution in [2.45, 2.75) is 6.92 Å². The number of carbonyl (C=O) groups excluding carboxylic acids is 1. The van der Waals surface area contributed by atoms with Crippen molar-refractivity contribution in [3.63, 3.8) is 0 Å². The highest BCUT2D eigenvalue weighted by molar-refractivity contribution is 9.10. The fourth-order valence-electron chi connectivity index (χ4n) is 1.65. The highest BCUT2D eigenvalue weighted by Crippen LogP contribution is 2.22. The van der Waals surface area contributed by atoms with Crippen molar-refractivity contribution in [2.24, 2.45) is 10.9 Å². The number of amides is 1. The molecule has 0 spiro atoms. The van der Waals surface area contributed by atoms with E-state index in [1.165, 1.54) is 6.26 Å². The first-order valence-electron chi connectivity index (χ1n) is 5.65. The van der Waals surface area contributed by atoms with Crippen molar-refractivity contribution in [2.75, 3.05) is 5.32 Å². The normalized spacial score (nSPS) is 11.4. The number of nitrogens with one attached hydrogen (secondary N) is 1. The zero-order chi connectivity index (χ0) is 14.7. The topological polar surface area (TPSA) is 101 Å². The molecule has 0 fully saturated rings. The van der Waals surface area contributed by atoms with Crippen molar-refractivity contribution in [1.82, 2.24) is 0 Å². The molecule has 0 aliphatic rings. The van der Waals surface area contributed by atoms with Crippen molar-refractivity contribution in [3.8, 4) is 0 Å². The fourth-order valence-corrected chi connectivity index (χ4v) is 2.02. The number of halogens is 1. The number of anilines is 1. The largest absolute Gasteiger partial charge is 0.469 e. The molecule has 1 aromatic carbocycles. The highest BCUT2D eigenvalue weighted by atomic mass is 79.9. The minimum Gasteiger partial charge on any atom is -0.469 e. The monoisotopic (exact) mass is 337 g/mol. The second-order valence-corrected chi connectivity index (χ2v) is 4.99. The van der Waals surface area contributed by atoms with Gasteiger partial charge in [0.05, 0.1) is 11.3 Å². The number of carbonyl (C=O) groups is 1. The Morgan fingerprint density at radius 1 is 1.45 bits per heavy atom. The number of amidine groups is 1. The molecule has 2 aromatic rings. The summed E-state index contributed by atoms with van der Waals surface area (Å²) >= 11 is 3.30. The molecule has 1 aromatic heterocycles. The Balaban J connectivity index is 2.33. The molecule has 0 saturated heterocycles. The third-order valence-corrected chi connectivity index (χ3v) is 3.10. The molecule has 0 unspecified atom stereocenters. The molecule has 0 aliphatic heterocycles. The first-order chi connectivity index (χ1) is 9.51. The van der Waals surface area contributed by atoms with E-state index in [1.54, 1.807) is 31.2 Å². The average Bonchev–Trinajstić information content (AvgIpc) is 2.85. The first-order valence-corrected chi connectivity index (χ1v) is 6.44.